The normalized spacial score (nSPS) is 19.9. The summed E-state index contributed by atoms with van der Waals surface area (Å²) < 4.78 is 2.62. The number of fused-ring (bicyclic) bond motifs is 10. The fourth-order valence-corrected chi connectivity index (χ4v) is 11.5. The van der Waals surface area contributed by atoms with Gasteiger partial charge in [0.25, 0.3) is 6.71 Å². The van der Waals surface area contributed by atoms with Gasteiger partial charge in [0.2, 0.25) is 0 Å². The Labute approximate surface area is 329 Å². The summed E-state index contributed by atoms with van der Waals surface area (Å²) in [5.41, 5.74) is 21.1. The topological polar surface area (TPSA) is 11.4 Å². The average Bonchev–Trinajstić information content (AvgIpc) is 3.67. The van der Waals surface area contributed by atoms with Gasteiger partial charge < -0.3 is 14.4 Å². The summed E-state index contributed by atoms with van der Waals surface area (Å²) in [6, 6.07) is 55.6. The number of nitrogens with zero attached hydrogens (tertiary/aromatic N) is 3. The number of aryl methyl sites for hydroxylation is 2. The Balaban J connectivity index is 1.25. The highest BCUT2D eigenvalue weighted by Gasteiger charge is 2.61. The van der Waals surface area contributed by atoms with Gasteiger partial charge >= 0.3 is 0 Å². The van der Waals surface area contributed by atoms with Crippen molar-refractivity contribution in [1.29, 1.82) is 0 Å². The molecule has 1 saturated carbocycles. The van der Waals surface area contributed by atoms with Crippen molar-refractivity contribution in [3.63, 3.8) is 0 Å². The average molecular weight is 722 g/mol. The van der Waals surface area contributed by atoms with E-state index in [-0.39, 0.29) is 17.7 Å². The molecule has 4 heterocycles. The highest BCUT2D eigenvalue weighted by Crippen LogP contribution is 2.62. The second-order valence-electron chi connectivity index (χ2n) is 17.4. The van der Waals surface area contributed by atoms with E-state index in [1.54, 1.807) is 0 Å². The molecule has 2 unspecified atom stereocenters. The first-order valence-corrected chi connectivity index (χ1v) is 20.5. The van der Waals surface area contributed by atoms with Crippen LogP contribution in [0.2, 0.25) is 0 Å². The van der Waals surface area contributed by atoms with E-state index < -0.39 is 0 Å². The van der Waals surface area contributed by atoms with E-state index in [2.05, 4.69) is 188 Å². The Morgan fingerprint density at radius 3 is 1.98 bits per heavy atom. The van der Waals surface area contributed by atoms with Gasteiger partial charge in [-0.15, -0.1) is 0 Å². The van der Waals surface area contributed by atoms with Crippen molar-refractivity contribution in [2.45, 2.75) is 64.3 Å². The van der Waals surface area contributed by atoms with E-state index >= 15 is 0 Å². The van der Waals surface area contributed by atoms with Crippen molar-refractivity contribution in [2.75, 3.05) is 9.80 Å². The van der Waals surface area contributed by atoms with Crippen LogP contribution in [0.15, 0.2) is 146 Å². The van der Waals surface area contributed by atoms with Crippen LogP contribution in [0.25, 0.3) is 38.6 Å². The maximum atomic E-state index is 2.86. The standard InChI is InChI=1S/C52H44BN3/c1-33-19-23-37(24-20-33)54(38-25-21-34(2)22-26-38)39-31-46-48-47(32-39)56-50-42(51(3)27-10-11-28-52(51,56)4)29-36(35-13-6-5-7-14-35)30-44(50)53(48)43-17-12-16-41-40-15-8-9-18-45(40)55(46)49(41)43/h5-9,12-26,29-32H,10-11,27-28H2,1-4H3. The minimum atomic E-state index is -0.0847. The molecular weight excluding hydrogens is 677 g/mol. The first kappa shape index (κ1) is 32.3. The molecule has 56 heavy (non-hydrogen) atoms. The maximum Gasteiger partial charge on any atom is 0.252 e. The van der Waals surface area contributed by atoms with Crippen molar-refractivity contribution in [3.05, 3.63) is 162 Å². The first-order valence-electron chi connectivity index (χ1n) is 20.5. The number of rotatable bonds is 4. The van der Waals surface area contributed by atoms with Crippen LogP contribution >= 0.6 is 0 Å². The molecule has 4 heteroatoms. The molecule has 1 fully saturated rings. The fraction of sp³-hybridized carbons (Fsp3) is 0.192. The molecule has 1 aliphatic carbocycles. The second-order valence-corrected chi connectivity index (χ2v) is 17.4. The molecule has 270 valence electrons. The van der Waals surface area contributed by atoms with Crippen LogP contribution in [0.3, 0.4) is 0 Å². The van der Waals surface area contributed by atoms with Crippen molar-refractivity contribution in [3.8, 4) is 16.8 Å². The molecule has 0 N–H and O–H groups in total. The van der Waals surface area contributed by atoms with E-state index in [4.69, 9.17) is 0 Å². The van der Waals surface area contributed by atoms with Crippen LogP contribution in [-0.2, 0) is 5.41 Å². The third-order valence-corrected chi connectivity index (χ3v) is 14.4. The number of aromatic nitrogens is 1. The largest absolute Gasteiger partial charge is 0.335 e. The Bertz CT molecular complexity index is 2880. The summed E-state index contributed by atoms with van der Waals surface area (Å²) in [6.07, 6.45) is 4.86. The number of benzene rings is 7. The molecule has 0 saturated heterocycles. The van der Waals surface area contributed by atoms with Crippen molar-refractivity contribution in [2.24, 2.45) is 0 Å². The van der Waals surface area contributed by atoms with Crippen LogP contribution in [-0.4, -0.2) is 16.8 Å². The van der Waals surface area contributed by atoms with E-state index in [0.717, 1.165) is 6.42 Å². The van der Waals surface area contributed by atoms with E-state index in [1.807, 2.05) is 0 Å². The van der Waals surface area contributed by atoms with Crippen LogP contribution in [0, 0.1) is 13.8 Å². The highest BCUT2D eigenvalue weighted by molar-refractivity contribution is 7.00. The third kappa shape index (κ3) is 4.09. The summed E-state index contributed by atoms with van der Waals surface area (Å²) in [5, 5.41) is 2.64. The smallest absolute Gasteiger partial charge is 0.252 e. The van der Waals surface area contributed by atoms with Gasteiger partial charge in [-0.05, 0) is 115 Å². The number of anilines is 5. The maximum absolute atomic E-state index is 2.86. The van der Waals surface area contributed by atoms with Crippen LogP contribution < -0.4 is 26.2 Å². The molecule has 8 aromatic rings. The molecule has 3 aliphatic heterocycles. The van der Waals surface area contributed by atoms with Crippen LogP contribution in [0.1, 0.15) is 56.2 Å². The molecular formula is C52H44BN3. The van der Waals surface area contributed by atoms with Crippen LogP contribution in [0.5, 0.6) is 0 Å². The zero-order valence-corrected chi connectivity index (χ0v) is 32.6. The lowest BCUT2D eigenvalue weighted by molar-refractivity contribution is 0.195. The summed E-state index contributed by atoms with van der Waals surface area (Å²) in [7, 11) is 0. The van der Waals surface area contributed by atoms with Gasteiger partial charge in [-0.1, -0.05) is 128 Å². The SMILES string of the molecule is Cc1ccc(N(c2ccc(C)cc2)c2cc3c4c(c2)-n2c5ccccc5c5cccc(c52)B4c2cc(-c4ccccc4)cc4c2N3C2(C)CCCCC42C)cc1. The van der Waals surface area contributed by atoms with Gasteiger partial charge in [-0.2, -0.15) is 0 Å². The quantitative estimate of drug-likeness (QED) is 0.168. The molecule has 4 aliphatic rings. The summed E-state index contributed by atoms with van der Waals surface area (Å²) in [6.45, 7) is 9.64. The zero-order valence-electron chi connectivity index (χ0n) is 32.6. The van der Waals surface area contributed by atoms with E-state index in [9.17, 15) is 0 Å². The summed E-state index contributed by atoms with van der Waals surface area (Å²) in [4.78, 5) is 5.35. The third-order valence-electron chi connectivity index (χ3n) is 14.4. The van der Waals surface area contributed by atoms with Gasteiger partial charge in [0.15, 0.2) is 0 Å². The van der Waals surface area contributed by atoms with Gasteiger partial charge in [-0.3, -0.25) is 0 Å². The monoisotopic (exact) mass is 721 g/mol. The Kier molecular flexibility index (Phi) is 6.51. The molecule has 0 spiro atoms. The highest BCUT2D eigenvalue weighted by atomic mass is 15.3. The minimum Gasteiger partial charge on any atom is -0.335 e. The van der Waals surface area contributed by atoms with Crippen molar-refractivity contribution >= 4 is 73.3 Å². The lowest BCUT2D eigenvalue weighted by atomic mass is 9.33. The Hall–Kier alpha value is -6.00. The predicted molar refractivity (Wildman–Crippen MR) is 238 cm³/mol. The Morgan fingerprint density at radius 1 is 0.571 bits per heavy atom. The number of hydrogen-bond donors (Lipinski definition) is 0. The molecule has 0 amide bonds. The van der Waals surface area contributed by atoms with E-state index in [0.29, 0.717) is 0 Å². The van der Waals surface area contributed by atoms with Crippen molar-refractivity contribution < 1.29 is 0 Å². The number of para-hydroxylation sites is 2. The van der Waals surface area contributed by atoms with Gasteiger partial charge in [-0.25, -0.2) is 0 Å². The van der Waals surface area contributed by atoms with E-state index in [1.165, 1.54) is 119 Å². The molecule has 0 bridgehead atoms. The summed E-state index contributed by atoms with van der Waals surface area (Å²) >= 11 is 0. The zero-order chi connectivity index (χ0) is 37.5. The first-order chi connectivity index (χ1) is 27.3. The van der Waals surface area contributed by atoms with Gasteiger partial charge in [0, 0.05) is 50.1 Å². The Morgan fingerprint density at radius 2 is 1.23 bits per heavy atom. The van der Waals surface area contributed by atoms with Gasteiger partial charge in [0.1, 0.15) is 0 Å². The molecule has 1 aromatic heterocycles. The molecule has 7 aromatic carbocycles. The minimum absolute atomic E-state index is 0.00185. The lowest BCUT2D eigenvalue weighted by Crippen LogP contribution is -2.64. The van der Waals surface area contributed by atoms with Crippen LogP contribution in [0.4, 0.5) is 28.4 Å². The second kappa shape index (κ2) is 11.3. The fourth-order valence-electron chi connectivity index (χ4n) is 11.5. The lowest BCUT2D eigenvalue weighted by Gasteiger charge is -2.52. The van der Waals surface area contributed by atoms with Crippen molar-refractivity contribution in [1.82, 2.24) is 4.57 Å². The molecule has 3 nitrogen and oxygen atoms in total. The summed E-state index contributed by atoms with van der Waals surface area (Å²) in [5.74, 6) is 0. The molecule has 12 rings (SSSR count). The number of hydrogen-bond acceptors (Lipinski definition) is 2. The molecule has 0 radical (unpaired) electrons. The predicted octanol–water partition coefficient (Wildman–Crippen LogP) is 11.4. The van der Waals surface area contributed by atoms with Gasteiger partial charge in [0.05, 0.1) is 16.7 Å². The molecule has 2 atom stereocenters.